The highest BCUT2D eigenvalue weighted by atomic mass is 16.5. The van der Waals surface area contributed by atoms with Gasteiger partial charge in [0.05, 0.1) is 20.1 Å². The number of hydrogen-bond donors (Lipinski definition) is 1. The second-order valence-corrected chi connectivity index (χ2v) is 7.30. The zero-order valence-corrected chi connectivity index (χ0v) is 16.0. The number of hydrogen-bond acceptors (Lipinski definition) is 5. The highest BCUT2D eigenvalue weighted by molar-refractivity contribution is 6.11. The van der Waals surface area contributed by atoms with Crippen molar-refractivity contribution in [3.05, 3.63) is 23.0 Å². The molecule has 0 unspecified atom stereocenters. The highest BCUT2D eigenvalue weighted by Crippen LogP contribution is 2.35. The van der Waals surface area contributed by atoms with Gasteiger partial charge in [0.1, 0.15) is 5.54 Å². The lowest BCUT2D eigenvalue weighted by atomic mass is 9.98. The van der Waals surface area contributed by atoms with Crippen LogP contribution in [0.25, 0.3) is 0 Å². The van der Waals surface area contributed by atoms with Crippen molar-refractivity contribution in [3.63, 3.8) is 0 Å². The van der Waals surface area contributed by atoms with Crippen LogP contribution >= 0.6 is 0 Å². The summed E-state index contributed by atoms with van der Waals surface area (Å²) in [5.41, 5.74) is 1.20. The molecule has 1 saturated carbocycles. The van der Waals surface area contributed by atoms with Gasteiger partial charge < -0.3 is 14.6 Å². The minimum absolute atomic E-state index is 0.204. The van der Waals surface area contributed by atoms with E-state index in [2.05, 4.69) is 10.1 Å². The van der Waals surface area contributed by atoms with Gasteiger partial charge in [0.15, 0.2) is 5.78 Å². The molecule has 3 rings (SSSR count). The van der Waals surface area contributed by atoms with E-state index in [4.69, 9.17) is 0 Å². The van der Waals surface area contributed by atoms with Gasteiger partial charge in [-0.15, -0.1) is 0 Å². The molecule has 0 aromatic carbocycles. The van der Waals surface area contributed by atoms with E-state index < -0.39 is 11.6 Å². The SMILES string of the molecule is COC(=O)CCn1c(C)cc(C(=O)CN2C(=O)NC3(CCCC3)C2=O)c1C. The van der Waals surface area contributed by atoms with Crippen molar-refractivity contribution in [1.82, 2.24) is 14.8 Å². The minimum atomic E-state index is -0.811. The number of carbonyl (C=O) groups is 4. The molecule has 2 aliphatic rings. The number of carbonyl (C=O) groups excluding carboxylic acids is 4. The first-order valence-electron chi connectivity index (χ1n) is 9.20. The van der Waals surface area contributed by atoms with Crippen LogP contribution in [0.3, 0.4) is 0 Å². The Balaban J connectivity index is 1.74. The molecular formula is C19H25N3O5. The summed E-state index contributed by atoms with van der Waals surface area (Å²) >= 11 is 0. The molecule has 1 aliphatic carbocycles. The molecule has 2 heterocycles. The number of rotatable bonds is 6. The molecule has 1 N–H and O–H groups in total. The van der Waals surface area contributed by atoms with Gasteiger partial charge in [0.25, 0.3) is 5.91 Å². The first-order chi connectivity index (χ1) is 12.8. The Kier molecular flexibility index (Phi) is 5.08. The predicted molar refractivity (Wildman–Crippen MR) is 96.3 cm³/mol. The monoisotopic (exact) mass is 375 g/mol. The summed E-state index contributed by atoms with van der Waals surface area (Å²) in [6, 6.07) is 1.24. The molecule has 1 aliphatic heterocycles. The van der Waals surface area contributed by atoms with Crippen molar-refractivity contribution in [2.45, 2.75) is 58.0 Å². The van der Waals surface area contributed by atoms with Gasteiger partial charge in [-0.05, 0) is 32.8 Å². The minimum Gasteiger partial charge on any atom is -0.469 e. The quantitative estimate of drug-likeness (QED) is 0.464. The third kappa shape index (κ3) is 3.36. The van der Waals surface area contributed by atoms with Gasteiger partial charge in [-0.1, -0.05) is 12.8 Å². The van der Waals surface area contributed by atoms with Gasteiger partial charge in [-0.25, -0.2) is 4.79 Å². The van der Waals surface area contributed by atoms with Crippen molar-refractivity contribution >= 4 is 23.7 Å². The normalized spacial score (nSPS) is 18.3. The Morgan fingerprint density at radius 3 is 2.52 bits per heavy atom. The summed E-state index contributed by atoms with van der Waals surface area (Å²) in [4.78, 5) is 50.2. The van der Waals surface area contributed by atoms with E-state index in [0.29, 0.717) is 30.6 Å². The summed E-state index contributed by atoms with van der Waals surface area (Å²) in [6.07, 6.45) is 3.26. The van der Waals surface area contributed by atoms with Crippen molar-refractivity contribution in [2.24, 2.45) is 0 Å². The van der Waals surface area contributed by atoms with Gasteiger partial charge >= 0.3 is 12.0 Å². The number of aryl methyl sites for hydroxylation is 1. The van der Waals surface area contributed by atoms with Crippen LogP contribution in [0.4, 0.5) is 4.79 Å². The first kappa shape index (κ1) is 19.1. The Labute approximate surface area is 157 Å². The molecule has 8 heteroatoms. The van der Waals surface area contributed by atoms with Crippen LogP contribution in [0.2, 0.25) is 0 Å². The predicted octanol–water partition coefficient (Wildman–Crippen LogP) is 1.72. The van der Waals surface area contributed by atoms with Crippen LogP contribution in [0.5, 0.6) is 0 Å². The maximum absolute atomic E-state index is 12.8. The summed E-state index contributed by atoms with van der Waals surface area (Å²) < 4.78 is 6.53. The number of ether oxygens (including phenoxy) is 1. The van der Waals surface area contributed by atoms with Crippen LogP contribution in [0.1, 0.15) is 53.8 Å². The molecule has 1 aromatic heterocycles. The lowest BCUT2D eigenvalue weighted by Crippen LogP contribution is -2.44. The van der Waals surface area contributed by atoms with Crippen molar-refractivity contribution in [2.75, 3.05) is 13.7 Å². The molecule has 146 valence electrons. The fourth-order valence-corrected chi connectivity index (χ4v) is 4.10. The van der Waals surface area contributed by atoms with Gasteiger partial charge in [-0.3, -0.25) is 19.3 Å². The van der Waals surface area contributed by atoms with Gasteiger partial charge in [-0.2, -0.15) is 0 Å². The number of nitrogens with zero attached hydrogens (tertiary/aromatic N) is 2. The van der Waals surface area contributed by atoms with Crippen LogP contribution in [-0.4, -0.2) is 52.4 Å². The molecule has 0 bridgehead atoms. The van der Waals surface area contributed by atoms with E-state index >= 15 is 0 Å². The number of imide groups is 1. The van der Waals surface area contributed by atoms with Crippen molar-refractivity contribution in [3.8, 4) is 0 Å². The maximum Gasteiger partial charge on any atom is 0.325 e. The molecule has 1 saturated heterocycles. The maximum atomic E-state index is 12.8. The average molecular weight is 375 g/mol. The summed E-state index contributed by atoms with van der Waals surface area (Å²) in [7, 11) is 1.34. The lowest BCUT2D eigenvalue weighted by molar-refractivity contribution is -0.140. The lowest BCUT2D eigenvalue weighted by Gasteiger charge is -2.19. The number of aromatic nitrogens is 1. The molecule has 8 nitrogen and oxygen atoms in total. The smallest absolute Gasteiger partial charge is 0.325 e. The van der Waals surface area contributed by atoms with E-state index in [0.717, 1.165) is 23.4 Å². The average Bonchev–Trinajstić information content (AvgIpc) is 3.28. The summed E-state index contributed by atoms with van der Waals surface area (Å²) in [5.74, 6) is -0.902. The molecule has 2 fully saturated rings. The summed E-state index contributed by atoms with van der Waals surface area (Å²) in [5, 5.41) is 2.78. The third-order valence-corrected chi connectivity index (χ3v) is 5.65. The van der Waals surface area contributed by atoms with Crippen molar-refractivity contribution in [1.29, 1.82) is 0 Å². The number of nitrogens with one attached hydrogen (secondary N) is 1. The topological polar surface area (TPSA) is 97.7 Å². The molecule has 27 heavy (non-hydrogen) atoms. The van der Waals surface area contributed by atoms with E-state index in [-0.39, 0.29) is 30.6 Å². The van der Waals surface area contributed by atoms with E-state index in [1.807, 2.05) is 11.5 Å². The van der Waals surface area contributed by atoms with E-state index in [1.165, 1.54) is 7.11 Å². The third-order valence-electron chi connectivity index (χ3n) is 5.65. The van der Waals surface area contributed by atoms with Crippen LogP contribution < -0.4 is 5.32 Å². The standard InChI is InChI=1S/C19H25N3O5/c1-12-10-14(13(2)21(12)9-6-16(24)27-3)15(23)11-22-17(25)19(20-18(22)26)7-4-5-8-19/h10H,4-9,11H2,1-3H3,(H,20,26). The van der Waals surface area contributed by atoms with Crippen LogP contribution in [-0.2, 0) is 20.9 Å². The number of urea groups is 1. The number of methoxy groups -OCH3 is 1. The molecular weight excluding hydrogens is 350 g/mol. The summed E-state index contributed by atoms with van der Waals surface area (Å²) in [6.45, 7) is 3.78. The second-order valence-electron chi connectivity index (χ2n) is 7.30. The molecule has 1 aromatic rings. The Morgan fingerprint density at radius 2 is 1.89 bits per heavy atom. The Hall–Kier alpha value is -2.64. The van der Waals surface area contributed by atoms with Crippen molar-refractivity contribution < 1.29 is 23.9 Å². The zero-order valence-electron chi connectivity index (χ0n) is 16.0. The first-order valence-corrected chi connectivity index (χ1v) is 9.20. The fourth-order valence-electron chi connectivity index (χ4n) is 4.10. The number of amides is 3. The Bertz CT molecular complexity index is 805. The molecule has 0 atom stereocenters. The zero-order chi connectivity index (χ0) is 19.8. The highest BCUT2D eigenvalue weighted by Gasteiger charge is 2.52. The van der Waals surface area contributed by atoms with Crippen LogP contribution in [0.15, 0.2) is 6.07 Å². The van der Waals surface area contributed by atoms with Gasteiger partial charge in [0.2, 0.25) is 0 Å². The number of Topliss-reactive ketones (excluding diaryl/α,β-unsaturated/α-hetero) is 1. The largest absolute Gasteiger partial charge is 0.469 e. The fraction of sp³-hybridized carbons (Fsp3) is 0.579. The second kappa shape index (κ2) is 7.17. The van der Waals surface area contributed by atoms with E-state index in [1.54, 1.807) is 13.0 Å². The van der Waals surface area contributed by atoms with Gasteiger partial charge in [0, 0.05) is 23.5 Å². The van der Waals surface area contributed by atoms with E-state index in [9.17, 15) is 19.2 Å². The number of ketones is 1. The van der Waals surface area contributed by atoms with Crippen LogP contribution in [0, 0.1) is 13.8 Å². The molecule has 0 radical (unpaired) electrons. The molecule has 1 spiro atoms. The Morgan fingerprint density at radius 1 is 1.22 bits per heavy atom. The molecule has 3 amide bonds. The number of esters is 1.